The van der Waals surface area contributed by atoms with Crippen molar-refractivity contribution in [1.29, 1.82) is 0 Å². The van der Waals surface area contributed by atoms with Crippen LogP contribution in [0.4, 0.5) is 0 Å². The summed E-state index contributed by atoms with van der Waals surface area (Å²) < 4.78 is 1.13. The van der Waals surface area contributed by atoms with Crippen molar-refractivity contribution >= 4 is 27.3 Å². The van der Waals surface area contributed by atoms with Gasteiger partial charge in [0, 0.05) is 26.3 Å². The lowest BCUT2D eigenvalue weighted by atomic mass is 10.1. The molecule has 1 aromatic heterocycles. The topological polar surface area (TPSA) is 12.0 Å². The van der Waals surface area contributed by atoms with Crippen LogP contribution in [-0.4, -0.2) is 0 Å². The number of rotatable bonds is 5. The van der Waals surface area contributed by atoms with Gasteiger partial charge in [-0.25, -0.2) is 0 Å². The minimum absolute atomic E-state index is 0.357. The molecule has 1 N–H and O–H groups in total. The standard InChI is InChI=1S/C16H20BrNS/c1-4-15-9-10-16(19-15)12(3)18-11(2)13-5-7-14(17)8-6-13/h5-12,18H,4H2,1-3H3. The van der Waals surface area contributed by atoms with Crippen LogP contribution >= 0.6 is 27.3 Å². The number of hydrogen-bond donors (Lipinski definition) is 1. The van der Waals surface area contributed by atoms with Crippen molar-refractivity contribution in [3.63, 3.8) is 0 Å². The lowest BCUT2D eigenvalue weighted by Gasteiger charge is -2.19. The Morgan fingerprint density at radius 3 is 2.32 bits per heavy atom. The molecule has 2 aromatic rings. The predicted octanol–water partition coefficient (Wildman–Crippen LogP) is 5.48. The van der Waals surface area contributed by atoms with Gasteiger partial charge in [0.25, 0.3) is 0 Å². The van der Waals surface area contributed by atoms with Crippen molar-refractivity contribution in [1.82, 2.24) is 5.32 Å². The Morgan fingerprint density at radius 1 is 1.05 bits per heavy atom. The average molecular weight is 338 g/mol. The van der Waals surface area contributed by atoms with Gasteiger partial charge in [0.2, 0.25) is 0 Å². The molecule has 0 amide bonds. The summed E-state index contributed by atoms with van der Waals surface area (Å²) in [5.41, 5.74) is 1.32. The van der Waals surface area contributed by atoms with Crippen molar-refractivity contribution in [2.24, 2.45) is 0 Å². The SMILES string of the molecule is CCc1ccc(C(C)NC(C)c2ccc(Br)cc2)s1. The smallest absolute Gasteiger partial charge is 0.0391 e. The number of hydrogen-bond acceptors (Lipinski definition) is 2. The summed E-state index contributed by atoms with van der Waals surface area (Å²) in [5.74, 6) is 0. The molecular weight excluding hydrogens is 318 g/mol. The third-order valence-corrected chi connectivity index (χ3v) is 5.27. The highest BCUT2D eigenvalue weighted by molar-refractivity contribution is 9.10. The molecule has 1 aromatic carbocycles. The molecule has 0 fully saturated rings. The van der Waals surface area contributed by atoms with Crippen LogP contribution < -0.4 is 5.32 Å². The van der Waals surface area contributed by atoms with Gasteiger partial charge in [-0.05, 0) is 50.1 Å². The maximum atomic E-state index is 3.66. The van der Waals surface area contributed by atoms with E-state index in [1.165, 1.54) is 15.3 Å². The summed E-state index contributed by atoms with van der Waals surface area (Å²) in [6.45, 7) is 6.66. The first kappa shape index (κ1) is 14.8. The van der Waals surface area contributed by atoms with Gasteiger partial charge in [-0.3, -0.25) is 0 Å². The van der Waals surface area contributed by atoms with Crippen LogP contribution in [0.2, 0.25) is 0 Å². The number of aryl methyl sites for hydroxylation is 1. The lowest BCUT2D eigenvalue weighted by Crippen LogP contribution is -2.21. The molecule has 3 heteroatoms. The molecule has 0 aliphatic carbocycles. The Bertz CT molecular complexity index is 518. The summed E-state index contributed by atoms with van der Waals surface area (Å²) in [6, 6.07) is 13.8. The van der Waals surface area contributed by atoms with E-state index in [1.54, 1.807) is 0 Å². The first-order valence-electron chi connectivity index (χ1n) is 6.70. The Hall–Kier alpha value is -0.640. The fourth-order valence-electron chi connectivity index (χ4n) is 2.12. The Balaban J connectivity index is 2.01. The third-order valence-electron chi connectivity index (χ3n) is 3.33. The summed E-state index contributed by atoms with van der Waals surface area (Å²) >= 11 is 5.38. The fourth-order valence-corrected chi connectivity index (χ4v) is 3.35. The lowest BCUT2D eigenvalue weighted by molar-refractivity contribution is 0.500. The van der Waals surface area contributed by atoms with E-state index in [4.69, 9.17) is 0 Å². The van der Waals surface area contributed by atoms with E-state index in [0.717, 1.165) is 10.9 Å². The first-order chi connectivity index (χ1) is 9.10. The molecule has 0 bridgehead atoms. The van der Waals surface area contributed by atoms with Crippen LogP contribution in [0.3, 0.4) is 0 Å². The summed E-state index contributed by atoms with van der Waals surface area (Å²) in [5, 5.41) is 3.66. The second-order valence-electron chi connectivity index (χ2n) is 4.82. The monoisotopic (exact) mass is 337 g/mol. The van der Waals surface area contributed by atoms with Crippen LogP contribution in [0.15, 0.2) is 40.9 Å². The van der Waals surface area contributed by atoms with E-state index in [-0.39, 0.29) is 0 Å². The number of halogens is 1. The van der Waals surface area contributed by atoms with Crippen LogP contribution in [0.5, 0.6) is 0 Å². The molecule has 0 aliphatic rings. The van der Waals surface area contributed by atoms with E-state index in [9.17, 15) is 0 Å². The van der Waals surface area contributed by atoms with E-state index in [0.29, 0.717) is 12.1 Å². The van der Waals surface area contributed by atoms with E-state index >= 15 is 0 Å². The Morgan fingerprint density at radius 2 is 1.74 bits per heavy atom. The minimum atomic E-state index is 0.357. The van der Waals surface area contributed by atoms with Crippen molar-refractivity contribution in [2.75, 3.05) is 0 Å². The highest BCUT2D eigenvalue weighted by atomic mass is 79.9. The molecule has 2 rings (SSSR count). The fraction of sp³-hybridized carbons (Fsp3) is 0.375. The number of benzene rings is 1. The number of nitrogens with one attached hydrogen (secondary N) is 1. The highest BCUT2D eigenvalue weighted by Gasteiger charge is 2.12. The van der Waals surface area contributed by atoms with E-state index in [2.05, 4.69) is 78.4 Å². The van der Waals surface area contributed by atoms with Gasteiger partial charge in [0.15, 0.2) is 0 Å². The zero-order chi connectivity index (χ0) is 13.8. The van der Waals surface area contributed by atoms with Gasteiger partial charge in [0.05, 0.1) is 0 Å². The van der Waals surface area contributed by atoms with E-state index in [1.807, 2.05) is 11.3 Å². The summed E-state index contributed by atoms with van der Waals surface area (Å²) in [4.78, 5) is 2.88. The quantitative estimate of drug-likeness (QED) is 0.761. The van der Waals surface area contributed by atoms with Gasteiger partial charge in [0.1, 0.15) is 0 Å². The zero-order valence-electron chi connectivity index (χ0n) is 11.6. The Labute approximate surface area is 128 Å². The van der Waals surface area contributed by atoms with Crippen LogP contribution in [0.1, 0.15) is 48.2 Å². The number of thiophene rings is 1. The summed E-state index contributed by atoms with van der Waals surface area (Å²) in [7, 11) is 0. The molecule has 2 atom stereocenters. The molecule has 2 unspecified atom stereocenters. The van der Waals surface area contributed by atoms with Crippen molar-refractivity contribution in [2.45, 2.75) is 39.3 Å². The van der Waals surface area contributed by atoms with Crippen LogP contribution in [-0.2, 0) is 6.42 Å². The average Bonchev–Trinajstić information content (AvgIpc) is 2.88. The van der Waals surface area contributed by atoms with Gasteiger partial charge >= 0.3 is 0 Å². The second kappa shape index (κ2) is 6.69. The molecule has 0 radical (unpaired) electrons. The molecule has 0 saturated carbocycles. The van der Waals surface area contributed by atoms with Crippen molar-refractivity contribution < 1.29 is 0 Å². The molecule has 0 saturated heterocycles. The minimum Gasteiger partial charge on any atom is -0.303 e. The first-order valence-corrected chi connectivity index (χ1v) is 8.31. The third kappa shape index (κ3) is 3.91. The normalized spacial score (nSPS) is 14.3. The van der Waals surface area contributed by atoms with Crippen molar-refractivity contribution in [3.05, 3.63) is 56.2 Å². The second-order valence-corrected chi connectivity index (χ2v) is 6.93. The van der Waals surface area contributed by atoms with Gasteiger partial charge < -0.3 is 5.32 Å². The molecular formula is C16H20BrNS. The molecule has 1 heterocycles. The van der Waals surface area contributed by atoms with Crippen LogP contribution in [0, 0.1) is 0 Å². The van der Waals surface area contributed by atoms with Gasteiger partial charge in [-0.15, -0.1) is 11.3 Å². The Kier molecular flexibility index (Phi) is 5.20. The molecule has 102 valence electrons. The van der Waals surface area contributed by atoms with Gasteiger partial charge in [-0.1, -0.05) is 35.0 Å². The maximum Gasteiger partial charge on any atom is 0.0391 e. The predicted molar refractivity (Wildman–Crippen MR) is 87.8 cm³/mol. The summed E-state index contributed by atoms with van der Waals surface area (Å²) in [6.07, 6.45) is 1.12. The molecule has 0 spiro atoms. The van der Waals surface area contributed by atoms with Gasteiger partial charge in [-0.2, -0.15) is 0 Å². The largest absolute Gasteiger partial charge is 0.303 e. The van der Waals surface area contributed by atoms with E-state index < -0.39 is 0 Å². The van der Waals surface area contributed by atoms with Crippen molar-refractivity contribution in [3.8, 4) is 0 Å². The molecule has 0 aliphatic heterocycles. The molecule has 19 heavy (non-hydrogen) atoms. The zero-order valence-corrected chi connectivity index (χ0v) is 14.0. The van der Waals surface area contributed by atoms with Crippen LogP contribution in [0.25, 0.3) is 0 Å². The maximum absolute atomic E-state index is 3.66. The molecule has 1 nitrogen and oxygen atoms in total. The highest BCUT2D eigenvalue weighted by Crippen LogP contribution is 2.26.